The molecule has 16 heavy (non-hydrogen) atoms. The molecule has 1 heterocycles. The minimum atomic E-state index is -3.19. The van der Waals surface area contributed by atoms with Crippen LogP contribution < -0.4 is 5.73 Å². The van der Waals surface area contributed by atoms with Crippen LogP contribution in [-0.4, -0.2) is 36.6 Å². The Bertz CT molecular complexity index is 330. The number of sulfonamides is 1. The Morgan fingerprint density at radius 1 is 1.38 bits per heavy atom. The fraction of sp³-hybridized carbons (Fsp3) is 1.00. The molecular formula is C11H24N2O2S. The quantitative estimate of drug-likeness (QED) is 0.798. The first-order valence-electron chi connectivity index (χ1n) is 5.91. The average molecular weight is 248 g/mol. The molecule has 2 N–H and O–H groups in total. The highest BCUT2D eigenvalue weighted by Crippen LogP contribution is 2.27. The lowest BCUT2D eigenvalue weighted by Gasteiger charge is -2.37. The first-order chi connectivity index (χ1) is 7.16. The van der Waals surface area contributed by atoms with E-state index in [1.807, 2.05) is 6.92 Å². The molecule has 0 aliphatic carbocycles. The van der Waals surface area contributed by atoms with E-state index < -0.39 is 14.8 Å². The van der Waals surface area contributed by atoms with Gasteiger partial charge >= 0.3 is 0 Å². The van der Waals surface area contributed by atoms with Crippen molar-refractivity contribution in [2.45, 2.75) is 51.3 Å². The summed E-state index contributed by atoms with van der Waals surface area (Å²) in [4.78, 5) is 0. The predicted molar refractivity (Wildman–Crippen MR) is 66.6 cm³/mol. The zero-order chi connectivity index (χ0) is 12.6. The van der Waals surface area contributed by atoms with Gasteiger partial charge in [0.15, 0.2) is 0 Å². The number of hydrogen-bond acceptors (Lipinski definition) is 3. The SMILES string of the molecule is CC(N)C1CCCN(S(=O)(=O)C(C)(C)C)C1. The summed E-state index contributed by atoms with van der Waals surface area (Å²) in [5.41, 5.74) is 5.86. The smallest absolute Gasteiger partial charge is 0.219 e. The summed E-state index contributed by atoms with van der Waals surface area (Å²) in [5, 5.41) is 0. The van der Waals surface area contributed by atoms with Crippen LogP contribution in [0.2, 0.25) is 0 Å². The van der Waals surface area contributed by atoms with Crippen molar-refractivity contribution in [1.82, 2.24) is 4.31 Å². The molecule has 0 amide bonds. The third kappa shape index (κ3) is 2.76. The molecule has 2 atom stereocenters. The van der Waals surface area contributed by atoms with E-state index in [-0.39, 0.29) is 6.04 Å². The number of hydrogen-bond donors (Lipinski definition) is 1. The van der Waals surface area contributed by atoms with Crippen LogP contribution in [0.1, 0.15) is 40.5 Å². The van der Waals surface area contributed by atoms with Crippen molar-refractivity contribution >= 4 is 10.0 Å². The van der Waals surface area contributed by atoms with Gasteiger partial charge in [0, 0.05) is 19.1 Å². The van der Waals surface area contributed by atoms with Crippen LogP contribution in [0.5, 0.6) is 0 Å². The summed E-state index contributed by atoms with van der Waals surface area (Å²) in [6.45, 7) is 8.42. The third-order valence-electron chi connectivity index (χ3n) is 3.28. The summed E-state index contributed by atoms with van der Waals surface area (Å²) in [6.07, 6.45) is 1.95. The molecule has 2 unspecified atom stereocenters. The van der Waals surface area contributed by atoms with Gasteiger partial charge < -0.3 is 5.73 Å². The average Bonchev–Trinajstić information content (AvgIpc) is 2.16. The molecule has 0 spiro atoms. The molecule has 1 saturated heterocycles. The van der Waals surface area contributed by atoms with Crippen LogP contribution in [-0.2, 0) is 10.0 Å². The predicted octanol–water partition coefficient (Wildman–Crippen LogP) is 1.17. The summed E-state index contributed by atoms with van der Waals surface area (Å²) >= 11 is 0. The molecular weight excluding hydrogens is 224 g/mol. The van der Waals surface area contributed by atoms with Crippen molar-refractivity contribution in [2.75, 3.05) is 13.1 Å². The van der Waals surface area contributed by atoms with Crippen molar-refractivity contribution in [1.29, 1.82) is 0 Å². The highest BCUT2D eigenvalue weighted by molar-refractivity contribution is 7.90. The maximum atomic E-state index is 12.3. The van der Waals surface area contributed by atoms with Crippen LogP contribution in [0.3, 0.4) is 0 Å². The maximum absolute atomic E-state index is 12.3. The molecule has 1 aliphatic heterocycles. The van der Waals surface area contributed by atoms with Gasteiger partial charge in [-0.1, -0.05) is 0 Å². The number of nitrogens with zero attached hydrogens (tertiary/aromatic N) is 1. The lowest BCUT2D eigenvalue weighted by molar-refractivity contribution is 0.239. The molecule has 0 radical (unpaired) electrons. The Morgan fingerprint density at radius 2 is 1.94 bits per heavy atom. The van der Waals surface area contributed by atoms with E-state index in [0.29, 0.717) is 19.0 Å². The molecule has 0 bridgehead atoms. The Hall–Kier alpha value is -0.130. The molecule has 1 rings (SSSR count). The van der Waals surface area contributed by atoms with Crippen LogP contribution in [0, 0.1) is 5.92 Å². The van der Waals surface area contributed by atoms with Crippen molar-refractivity contribution < 1.29 is 8.42 Å². The molecule has 0 saturated carbocycles. The van der Waals surface area contributed by atoms with Gasteiger partial charge in [-0.25, -0.2) is 12.7 Å². The summed E-state index contributed by atoms with van der Waals surface area (Å²) in [7, 11) is -3.19. The molecule has 1 aliphatic rings. The second-order valence-electron chi connectivity index (χ2n) is 5.74. The van der Waals surface area contributed by atoms with E-state index in [2.05, 4.69) is 0 Å². The zero-order valence-electron chi connectivity index (χ0n) is 10.7. The van der Waals surface area contributed by atoms with Crippen molar-refractivity contribution in [3.05, 3.63) is 0 Å². The highest BCUT2D eigenvalue weighted by Gasteiger charge is 2.38. The number of nitrogens with two attached hydrogens (primary N) is 1. The molecule has 0 aromatic carbocycles. The van der Waals surface area contributed by atoms with Gasteiger partial charge in [-0.3, -0.25) is 0 Å². The van der Waals surface area contributed by atoms with E-state index in [9.17, 15) is 8.42 Å². The lowest BCUT2D eigenvalue weighted by atomic mass is 9.93. The van der Waals surface area contributed by atoms with Crippen LogP contribution in [0.25, 0.3) is 0 Å². The second-order valence-corrected chi connectivity index (χ2v) is 8.43. The van der Waals surface area contributed by atoms with E-state index >= 15 is 0 Å². The van der Waals surface area contributed by atoms with E-state index in [4.69, 9.17) is 5.73 Å². The summed E-state index contributed by atoms with van der Waals surface area (Å²) in [6, 6.07) is 0.0676. The Balaban J connectivity index is 2.83. The standard InChI is InChI=1S/C11H24N2O2S/c1-9(12)10-6-5-7-13(8-10)16(14,15)11(2,3)4/h9-10H,5-8,12H2,1-4H3. The lowest BCUT2D eigenvalue weighted by Crippen LogP contribution is -2.50. The molecule has 4 nitrogen and oxygen atoms in total. The molecule has 0 aromatic heterocycles. The Morgan fingerprint density at radius 3 is 2.38 bits per heavy atom. The zero-order valence-corrected chi connectivity index (χ0v) is 11.5. The van der Waals surface area contributed by atoms with Gasteiger partial charge in [0.1, 0.15) is 0 Å². The highest BCUT2D eigenvalue weighted by atomic mass is 32.2. The fourth-order valence-corrected chi connectivity index (χ4v) is 3.54. The normalized spacial score (nSPS) is 26.7. The third-order valence-corrected chi connectivity index (χ3v) is 5.84. The van der Waals surface area contributed by atoms with Crippen molar-refractivity contribution in [3.8, 4) is 0 Å². The van der Waals surface area contributed by atoms with Crippen LogP contribution in [0.4, 0.5) is 0 Å². The Labute approximate surface area is 99.2 Å². The first kappa shape index (κ1) is 13.9. The molecule has 1 fully saturated rings. The second kappa shape index (κ2) is 4.63. The molecule has 5 heteroatoms. The Kier molecular flexibility index (Phi) is 4.03. The van der Waals surface area contributed by atoms with Gasteiger partial charge in [0.2, 0.25) is 10.0 Å². The van der Waals surface area contributed by atoms with Crippen molar-refractivity contribution in [3.63, 3.8) is 0 Å². The number of rotatable bonds is 2. The first-order valence-corrected chi connectivity index (χ1v) is 7.35. The summed E-state index contributed by atoms with van der Waals surface area (Å²) < 4.78 is 25.4. The van der Waals surface area contributed by atoms with Gasteiger partial charge in [-0.05, 0) is 46.5 Å². The minimum absolute atomic E-state index is 0.0676. The van der Waals surface area contributed by atoms with Gasteiger partial charge in [0.25, 0.3) is 0 Å². The van der Waals surface area contributed by atoms with Crippen LogP contribution in [0.15, 0.2) is 0 Å². The van der Waals surface area contributed by atoms with Gasteiger partial charge in [-0.15, -0.1) is 0 Å². The van der Waals surface area contributed by atoms with Gasteiger partial charge in [-0.2, -0.15) is 0 Å². The molecule has 96 valence electrons. The van der Waals surface area contributed by atoms with E-state index in [0.717, 1.165) is 12.8 Å². The largest absolute Gasteiger partial charge is 0.328 e. The van der Waals surface area contributed by atoms with Gasteiger partial charge in [0.05, 0.1) is 4.75 Å². The van der Waals surface area contributed by atoms with E-state index in [1.165, 1.54) is 0 Å². The van der Waals surface area contributed by atoms with Crippen molar-refractivity contribution in [2.24, 2.45) is 11.7 Å². The number of piperidine rings is 1. The minimum Gasteiger partial charge on any atom is -0.328 e. The van der Waals surface area contributed by atoms with Crippen LogP contribution >= 0.6 is 0 Å². The fourth-order valence-electron chi connectivity index (χ4n) is 2.01. The monoisotopic (exact) mass is 248 g/mol. The topological polar surface area (TPSA) is 63.4 Å². The molecule has 0 aromatic rings. The maximum Gasteiger partial charge on any atom is 0.219 e. The summed E-state index contributed by atoms with van der Waals surface area (Å²) in [5.74, 6) is 0.297. The van der Waals surface area contributed by atoms with E-state index in [1.54, 1.807) is 25.1 Å².